The lowest BCUT2D eigenvalue weighted by Crippen LogP contribution is -2.55. The Morgan fingerprint density at radius 2 is 1.80 bits per heavy atom. The molecular weight excluding hydrogens is 399 g/mol. The number of hydrogen-bond donors (Lipinski definition) is 0. The Labute approximate surface area is 172 Å². The van der Waals surface area contributed by atoms with Crippen LogP contribution >= 0.6 is 0 Å². The number of carbonyl (C=O) groups is 1. The van der Waals surface area contributed by atoms with Gasteiger partial charge in [-0.15, -0.1) is 0 Å². The molecule has 0 spiro atoms. The van der Waals surface area contributed by atoms with Crippen LogP contribution in [0.25, 0.3) is 11.4 Å². The van der Waals surface area contributed by atoms with Crippen molar-refractivity contribution < 1.29 is 22.5 Å². The van der Waals surface area contributed by atoms with Crippen LogP contribution in [0.2, 0.25) is 0 Å². The highest BCUT2D eigenvalue weighted by atomic mass is 19.4. The van der Waals surface area contributed by atoms with Gasteiger partial charge in [-0.25, -0.2) is 0 Å². The molecule has 30 heavy (non-hydrogen) atoms. The third-order valence-electron chi connectivity index (χ3n) is 5.78. The maximum absolute atomic E-state index is 12.8. The predicted octanol–water partition coefficient (Wildman–Crippen LogP) is 2.61. The van der Waals surface area contributed by atoms with E-state index in [1.54, 1.807) is 12.1 Å². The van der Waals surface area contributed by atoms with E-state index < -0.39 is 12.1 Å². The summed E-state index contributed by atoms with van der Waals surface area (Å²) in [6.45, 7) is 5.26. The molecule has 1 aromatic carbocycles. The fourth-order valence-electron chi connectivity index (χ4n) is 4.13. The first-order valence-corrected chi connectivity index (χ1v) is 10.0. The second kappa shape index (κ2) is 8.35. The monoisotopic (exact) mass is 423 g/mol. The second-order valence-corrected chi connectivity index (χ2v) is 7.88. The summed E-state index contributed by atoms with van der Waals surface area (Å²) in [5.41, 5.74) is 0.848. The minimum Gasteiger partial charge on any atom is -0.336 e. The van der Waals surface area contributed by atoms with E-state index in [1.807, 2.05) is 4.90 Å². The summed E-state index contributed by atoms with van der Waals surface area (Å²) in [6.07, 6.45) is -2.28. The van der Waals surface area contributed by atoms with Crippen LogP contribution in [-0.2, 0) is 6.18 Å². The van der Waals surface area contributed by atoms with Crippen molar-refractivity contribution in [3.63, 3.8) is 0 Å². The minimum absolute atomic E-state index is 0.0777. The molecule has 3 heterocycles. The number of rotatable bonds is 3. The van der Waals surface area contributed by atoms with E-state index in [2.05, 4.69) is 31.5 Å². The van der Waals surface area contributed by atoms with Gasteiger partial charge in [0.05, 0.1) is 0 Å². The summed E-state index contributed by atoms with van der Waals surface area (Å²) in [7, 11) is 2.15. The molecule has 1 unspecified atom stereocenters. The van der Waals surface area contributed by atoms with Crippen LogP contribution in [0, 0.1) is 0 Å². The van der Waals surface area contributed by atoms with E-state index in [0.717, 1.165) is 26.2 Å². The number of hydrogen-bond acceptors (Lipinski definition) is 6. The number of amides is 1. The van der Waals surface area contributed by atoms with Gasteiger partial charge in [0.25, 0.3) is 5.91 Å². The van der Waals surface area contributed by atoms with Crippen LogP contribution < -0.4 is 0 Å². The fourth-order valence-corrected chi connectivity index (χ4v) is 4.13. The first-order chi connectivity index (χ1) is 14.3. The average Bonchev–Trinajstić information content (AvgIpc) is 3.24. The van der Waals surface area contributed by atoms with Crippen LogP contribution in [0.1, 0.15) is 29.1 Å². The molecule has 2 aliphatic heterocycles. The summed E-state index contributed by atoms with van der Waals surface area (Å²) in [4.78, 5) is 22.8. The van der Waals surface area contributed by atoms with Gasteiger partial charge in [0.15, 0.2) is 0 Å². The molecule has 1 atom stereocenters. The molecule has 0 bridgehead atoms. The summed E-state index contributed by atoms with van der Waals surface area (Å²) in [6, 6.07) is 6.79. The van der Waals surface area contributed by atoms with Gasteiger partial charge >= 0.3 is 12.1 Å². The number of halogens is 3. The number of alkyl halides is 3. The van der Waals surface area contributed by atoms with E-state index in [1.165, 1.54) is 25.0 Å². The molecule has 4 rings (SSSR count). The van der Waals surface area contributed by atoms with Crippen LogP contribution in [0.4, 0.5) is 13.2 Å². The molecule has 1 aromatic heterocycles. The lowest BCUT2D eigenvalue weighted by molar-refractivity contribution is -0.159. The van der Waals surface area contributed by atoms with Gasteiger partial charge in [-0.05, 0) is 38.6 Å². The maximum Gasteiger partial charge on any atom is 0.471 e. The van der Waals surface area contributed by atoms with Gasteiger partial charge in [-0.2, -0.15) is 18.2 Å². The minimum atomic E-state index is -4.68. The van der Waals surface area contributed by atoms with Gasteiger partial charge in [-0.1, -0.05) is 17.3 Å². The zero-order chi connectivity index (χ0) is 21.3. The quantitative estimate of drug-likeness (QED) is 0.756. The Bertz CT molecular complexity index is 875. The first-order valence-electron chi connectivity index (χ1n) is 10.0. The molecule has 162 valence electrons. The number of piperidine rings is 1. The van der Waals surface area contributed by atoms with Crippen molar-refractivity contribution in [2.24, 2.45) is 0 Å². The highest BCUT2D eigenvalue weighted by molar-refractivity contribution is 5.94. The van der Waals surface area contributed by atoms with Crippen LogP contribution in [0.5, 0.6) is 0 Å². The summed E-state index contributed by atoms with van der Waals surface area (Å²) in [5.74, 6) is -1.63. The highest BCUT2D eigenvalue weighted by Gasteiger charge is 2.38. The van der Waals surface area contributed by atoms with Crippen molar-refractivity contribution in [3.8, 4) is 11.4 Å². The molecule has 0 radical (unpaired) electrons. The first kappa shape index (κ1) is 20.8. The summed E-state index contributed by atoms with van der Waals surface area (Å²) < 4.78 is 42.1. The van der Waals surface area contributed by atoms with Crippen molar-refractivity contribution in [3.05, 3.63) is 35.7 Å². The zero-order valence-electron chi connectivity index (χ0n) is 16.7. The number of likely N-dealkylation sites (N-methyl/N-ethyl adjacent to an activating group) is 1. The van der Waals surface area contributed by atoms with Crippen molar-refractivity contribution >= 4 is 5.91 Å². The van der Waals surface area contributed by atoms with E-state index in [4.69, 9.17) is 0 Å². The number of piperazine rings is 1. The molecule has 2 saturated heterocycles. The summed E-state index contributed by atoms with van der Waals surface area (Å²) in [5, 5.41) is 3.36. The standard InChI is InChI=1S/C20H24F3N5O2/c1-26-8-2-3-16(13-26)27-9-11-28(12-10-27)18(29)15-6-4-14(5-7-15)17-24-19(30-25-17)20(21,22)23/h4-7,16H,2-3,8-13H2,1H3. The van der Waals surface area contributed by atoms with Crippen molar-refractivity contribution in [2.45, 2.75) is 25.1 Å². The van der Waals surface area contributed by atoms with E-state index in [-0.39, 0.29) is 11.7 Å². The topological polar surface area (TPSA) is 65.7 Å². The van der Waals surface area contributed by atoms with Crippen molar-refractivity contribution in [1.82, 2.24) is 24.8 Å². The third-order valence-corrected chi connectivity index (χ3v) is 5.78. The van der Waals surface area contributed by atoms with Crippen LogP contribution in [0.15, 0.2) is 28.8 Å². The normalized spacial score (nSPS) is 21.7. The Balaban J connectivity index is 1.36. The number of aromatic nitrogens is 2. The molecule has 0 N–H and O–H groups in total. The van der Waals surface area contributed by atoms with Crippen LogP contribution in [-0.4, -0.2) is 83.1 Å². The van der Waals surface area contributed by atoms with E-state index in [0.29, 0.717) is 30.3 Å². The summed E-state index contributed by atoms with van der Waals surface area (Å²) >= 11 is 0. The van der Waals surface area contributed by atoms with Gasteiger partial charge in [0, 0.05) is 49.9 Å². The Kier molecular flexibility index (Phi) is 5.79. The molecule has 2 fully saturated rings. The Morgan fingerprint density at radius 1 is 1.10 bits per heavy atom. The largest absolute Gasteiger partial charge is 0.471 e. The molecule has 1 amide bonds. The predicted molar refractivity (Wildman–Crippen MR) is 103 cm³/mol. The molecular formula is C20H24F3N5O2. The van der Waals surface area contributed by atoms with Gasteiger partial charge in [0.1, 0.15) is 0 Å². The smallest absolute Gasteiger partial charge is 0.336 e. The fraction of sp³-hybridized carbons (Fsp3) is 0.550. The second-order valence-electron chi connectivity index (χ2n) is 7.88. The van der Waals surface area contributed by atoms with E-state index in [9.17, 15) is 18.0 Å². The number of likely N-dealkylation sites (tertiary alicyclic amines) is 1. The Morgan fingerprint density at radius 3 is 2.40 bits per heavy atom. The number of benzene rings is 1. The molecule has 10 heteroatoms. The number of carbonyl (C=O) groups excluding carboxylic acids is 1. The lowest BCUT2D eigenvalue weighted by atomic mass is 10.0. The van der Waals surface area contributed by atoms with E-state index >= 15 is 0 Å². The van der Waals surface area contributed by atoms with Gasteiger partial charge in [-0.3, -0.25) is 9.69 Å². The van der Waals surface area contributed by atoms with Gasteiger partial charge in [0.2, 0.25) is 5.82 Å². The molecule has 2 aliphatic rings. The van der Waals surface area contributed by atoms with Crippen molar-refractivity contribution in [2.75, 3.05) is 46.3 Å². The SMILES string of the molecule is CN1CCCC(N2CCN(C(=O)c3ccc(-c4noc(C(F)(F)F)n4)cc3)CC2)C1. The molecule has 7 nitrogen and oxygen atoms in total. The highest BCUT2D eigenvalue weighted by Crippen LogP contribution is 2.29. The molecule has 0 saturated carbocycles. The van der Waals surface area contributed by atoms with Crippen LogP contribution in [0.3, 0.4) is 0 Å². The maximum atomic E-state index is 12.8. The van der Waals surface area contributed by atoms with Gasteiger partial charge < -0.3 is 14.3 Å². The average molecular weight is 423 g/mol. The zero-order valence-corrected chi connectivity index (χ0v) is 16.7. The Hall–Kier alpha value is -2.46. The van der Waals surface area contributed by atoms with Crippen molar-refractivity contribution in [1.29, 1.82) is 0 Å². The third kappa shape index (κ3) is 4.49. The number of nitrogens with zero attached hydrogens (tertiary/aromatic N) is 5. The molecule has 2 aromatic rings. The lowest BCUT2D eigenvalue weighted by Gasteiger charge is -2.42. The molecule has 0 aliphatic carbocycles.